The van der Waals surface area contributed by atoms with Gasteiger partial charge in [-0.3, -0.25) is 9.59 Å². The molecule has 0 aliphatic carbocycles. The molecular weight excluding hydrogens is 368 g/mol. The van der Waals surface area contributed by atoms with Crippen molar-refractivity contribution >= 4 is 11.9 Å². The molecule has 3 N–H and O–H groups in total. The standard InChI is InChI=1S/C11H13NO2.C7H9N.C5H8O2/c13-11-10(6-7-14-11)12-8-9-4-2-1-3-5-9;8-6-7-4-2-1-3-5-7;1-4-2-3-7-5(4)6/h1-5,10,12H,6-8H2;1-5H,6,8H2;4H,2-3H2,1H3. The molecule has 156 valence electrons. The maximum Gasteiger partial charge on any atom is 0.323 e. The number of hydrogen-bond acceptors (Lipinski definition) is 6. The Labute approximate surface area is 172 Å². The Balaban J connectivity index is 0.000000170. The fourth-order valence-corrected chi connectivity index (χ4v) is 2.73. The van der Waals surface area contributed by atoms with Crippen molar-refractivity contribution in [3.8, 4) is 0 Å². The summed E-state index contributed by atoms with van der Waals surface area (Å²) < 4.78 is 9.48. The van der Waals surface area contributed by atoms with Crippen molar-refractivity contribution in [2.45, 2.75) is 38.9 Å². The second kappa shape index (κ2) is 12.7. The van der Waals surface area contributed by atoms with Crippen LogP contribution in [0, 0.1) is 5.92 Å². The Morgan fingerprint density at radius 3 is 1.79 bits per heavy atom. The molecule has 6 heteroatoms. The maximum atomic E-state index is 11.1. The van der Waals surface area contributed by atoms with Gasteiger partial charge in [0.2, 0.25) is 0 Å². The predicted molar refractivity (Wildman–Crippen MR) is 112 cm³/mol. The highest BCUT2D eigenvalue weighted by Crippen LogP contribution is 2.11. The fraction of sp³-hybridized carbons (Fsp3) is 0.391. The van der Waals surface area contributed by atoms with Gasteiger partial charge in [-0.15, -0.1) is 0 Å². The highest BCUT2D eigenvalue weighted by Gasteiger charge is 2.25. The van der Waals surface area contributed by atoms with Crippen molar-refractivity contribution in [3.05, 3.63) is 71.8 Å². The van der Waals surface area contributed by atoms with E-state index in [9.17, 15) is 9.59 Å². The van der Waals surface area contributed by atoms with Crippen LogP contribution in [0.4, 0.5) is 0 Å². The first-order chi connectivity index (χ1) is 14.1. The van der Waals surface area contributed by atoms with E-state index < -0.39 is 0 Å². The minimum atomic E-state index is -0.124. The lowest BCUT2D eigenvalue weighted by Crippen LogP contribution is -2.32. The first-order valence-electron chi connectivity index (χ1n) is 9.94. The van der Waals surface area contributed by atoms with Gasteiger partial charge in [0.25, 0.3) is 0 Å². The van der Waals surface area contributed by atoms with E-state index in [0.717, 1.165) is 19.4 Å². The number of hydrogen-bond donors (Lipinski definition) is 2. The molecule has 0 bridgehead atoms. The van der Waals surface area contributed by atoms with Crippen LogP contribution in [0.3, 0.4) is 0 Å². The van der Waals surface area contributed by atoms with E-state index in [2.05, 4.69) is 10.1 Å². The van der Waals surface area contributed by atoms with Gasteiger partial charge < -0.3 is 20.5 Å². The summed E-state index contributed by atoms with van der Waals surface area (Å²) in [6.07, 6.45) is 1.69. The Morgan fingerprint density at radius 1 is 0.862 bits per heavy atom. The van der Waals surface area contributed by atoms with E-state index >= 15 is 0 Å². The molecule has 6 nitrogen and oxygen atoms in total. The van der Waals surface area contributed by atoms with Gasteiger partial charge in [-0.1, -0.05) is 67.6 Å². The van der Waals surface area contributed by atoms with Gasteiger partial charge in [-0.2, -0.15) is 0 Å². The number of nitrogens with two attached hydrogens (primary N) is 1. The Hall–Kier alpha value is -2.70. The molecule has 2 atom stereocenters. The van der Waals surface area contributed by atoms with Crippen molar-refractivity contribution in [2.75, 3.05) is 13.2 Å². The Bertz CT molecular complexity index is 737. The SMILES string of the molecule is CC1CCOC1=O.NCc1ccccc1.O=C1OCCC1NCc1ccccc1. The van der Waals surface area contributed by atoms with E-state index in [1.54, 1.807) is 0 Å². The molecule has 4 rings (SSSR count). The van der Waals surface area contributed by atoms with E-state index in [1.165, 1.54) is 11.1 Å². The highest BCUT2D eigenvalue weighted by molar-refractivity contribution is 5.77. The molecule has 2 fully saturated rings. The molecule has 0 saturated carbocycles. The first-order valence-corrected chi connectivity index (χ1v) is 9.94. The minimum Gasteiger partial charge on any atom is -0.465 e. The van der Waals surface area contributed by atoms with Crippen LogP contribution in [0.1, 0.15) is 30.9 Å². The largest absolute Gasteiger partial charge is 0.465 e. The number of ether oxygens (including phenoxy) is 2. The molecule has 2 aromatic rings. The molecule has 2 unspecified atom stereocenters. The number of nitrogens with one attached hydrogen (secondary N) is 1. The third-order valence-electron chi connectivity index (χ3n) is 4.61. The Kier molecular flexibility index (Phi) is 9.89. The smallest absolute Gasteiger partial charge is 0.323 e. The predicted octanol–water partition coefficient (Wildman–Crippen LogP) is 2.81. The van der Waals surface area contributed by atoms with Gasteiger partial charge in [-0.25, -0.2) is 0 Å². The van der Waals surface area contributed by atoms with Crippen molar-refractivity contribution in [1.82, 2.24) is 5.32 Å². The van der Waals surface area contributed by atoms with Gasteiger partial charge in [0.1, 0.15) is 6.04 Å². The summed E-state index contributed by atoms with van der Waals surface area (Å²) in [4.78, 5) is 21.5. The molecule has 2 saturated heterocycles. The molecule has 2 aromatic carbocycles. The van der Waals surface area contributed by atoms with Crippen molar-refractivity contribution in [3.63, 3.8) is 0 Å². The maximum absolute atomic E-state index is 11.1. The molecule has 29 heavy (non-hydrogen) atoms. The normalized spacial score (nSPS) is 19.9. The number of esters is 2. The summed E-state index contributed by atoms with van der Waals surface area (Å²) in [6.45, 7) is 4.42. The highest BCUT2D eigenvalue weighted by atomic mass is 16.5. The lowest BCUT2D eigenvalue weighted by molar-refractivity contribution is -0.141. The molecule has 0 radical (unpaired) electrons. The number of cyclic esters (lactones) is 2. The average Bonchev–Trinajstić information content (AvgIpc) is 3.36. The third-order valence-corrected chi connectivity index (χ3v) is 4.61. The molecule has 2 aliphatic rings. The molecule has 0 amide bonds. The average molecular weight is 399 g/mol. The summed E-state index contributed by atoms with van der Waals surface area (Å²) in [7, 11) is 0. The summed E-state index contributed by atoms with van der Waals surface area (Å²) in [5.74, 6) is -0.0130. The Morgan fingerprint density at radius 2 is 1.41 bits per heavy atom. The lowest BCUT2D eigenvalue weighted by Gasteiger charge is -2.07. The van der Waals surface area contributed by atoms with Gasteiger partial charge in [0.05, 0.1) is 19.1 Å². The zero-order chi connectivity index (χ0) is 20.9. The van der Waals surface area contributed by atoms with E-state index in [0.29, 0.717) is 19.8 Å². The van der Waals surface area contributed by atoms with Crippen LogP contribution in [0.5, 0.6) is 0 Å². The molecular formula is C23H30N2O4. The quantitative estimate of drug-likeness (QED) is 0.770. The summed E-state index contributed by atoms with van der Waals surface area (Å²) in [5, 5.41) is 3.17. The lowest BCUT2D eigenvalue weighted by atomic mass is 10.2. The second-order valence-electron chi connectivity index (χ2n) is 6.92. The van der Waals surface area contributed by atoms with Crippen molar-refractivity contribution in [1.29, 1.82) is 0 Å². The fourth-order valence-electron chi connectivity index (χ4n) is 2.73. The molecule has 2 aliphatic heterocycles. The zero-order valence-electron chi connectivity index (χ0n) is 16.9. The van der Waals surface area contributed by atoms with Crippen molar-refractivity contribution in [2.24, 2.45) is 11.7 Å². The number of carbonyl (C=O) groups is 2. The monoisotopic (exact) mass is 398 g/mol. The van der Waals surface area contributed by atoms with Crippen LogP contribution >= 0.6 is 0 Å². The van der Waals surface area contributed by atoms with Crippen LogP contribution in [0.15, 0.2) is 60.7 Å². The third kappa shape index (κ3) is 8.46. The van der Waals surface area contributed by atoms with Crippen LogP contribution in [-0.4, -0.2) is 31.2 Å². The first kappa shape index (κ1) is 22.6. The summed E-state index contributed by atoms with van der Waals surface area (Å²) >= 11 is 0. The number of carbonyl (C=O) groups excluding carboxylic acids is 2. The second-order valence-corrected chi connectivity index (χ2v) is 6.92. The van der Waals surface area contributed by atoms with Gasteiger partial charge in [-0.05, 0) is 17.5 Å². The zero-order valence-corrected chi connectivity index (χ0v) is 16.9. The van der Waals surface area contributed by atoms with Gasteiger partial charge >= 0.3 is 11.9 Å². The van der Waals surface area contributed by atoms with Crippen LogP contribution in [-0.2, 0) is 32.2 Å². The van der Waals surface area contributed by atoms with E-state index in [-0.39, 0.29) is 23.9 Å². The van der Waals surface area contributed by atoms with Crippen LogP contribution in [0.25, 0.3) is 0 Å². The number of benzene rings is 2. The van der Waals surface area contributed by atoms with Crippen LogP contribution in [0.2, 0.25) is 0 Å². The van der Waals surface area contributed by atoms with Gasteiger partial charge in [0.15, 0.2) is 0 Å². The minimum absolute atomic E-state index is 0.0417. The summed E-state index contributed by atoms with van der Waals surface area (Å²) in [5.41, 5.74) is 7.72. The topological polar surface area (TPSA) is 90.7 Å². The van der Waals surface area contributed by atoms with Gasteiger partial charge in [0, 0.05) is 19.5 Å². The molecule has 0 aromatic heterocycles. The summed E-state index contributed by atoms with van der Waals surface area (Å²) in [6, 6.07) is 19.9. The van der Waals surface area contributed by atoms with E-state index in [4.69, 9.17) is 10.5 Å². The van der Waals surface area contributed by atoms with Crippen LogP contribution < -0.4 is 11.1 Å². The van der Waals surface area contributed by atoms with Crippen molar-refractivity contribution < 1.29 is 19.1 Å². The molecule has 0 spiro atoms. The number of rotatable bonds is 4. The van der Waals surface area contributed by atoms with E-state index in [1.807, 2.05) is 67.6 Å². The molecule has 2 heterocycles.